The van der Waals surface area contributed by atoms with Gasteiger partial charge < -0.3 is 10.1 Å². The van der Waals surface area contributed by atoms with Crippen molar-refractivity contribution in [2.45, 2.75) is 52.7 Å². The molecule has 0 bridgehead atoms. The van der Waals surface area contributed by atoms with Crippen molar-refractivity contribution in [2.75, 3.05) is 0 Å². The fourth-order valence-corrected chi connectivity index (χ4v) is 0.588. The van der Waals surface area contributed by atoms with Crippen LogP contribution in [-0.4, -0.2) is 17.7 Å². The van der Waals surface area contributed by atoms with Gasteiger partial charge in [-0.15, -0.1) is 0 Å². The Kier molecular flexibility index (Phi) is 4.07. The van der Waals surface area contributed by atoms with Gasteiger partial charge >= 0.3 is 6.09 Å². The Bertz CT molecular complexity index is 153. The first kappa shape index (κ1) is 11.3. The molecule has 0 fully saturated rings. The minimum absolute atomic E-state index is 0.130. The minimum Gasteiger partial charge on any atom is -0.444 e. The number of hydrogen-bond acceptors (Lipinski definition) is 2. The molecule has 3 nitrogen and oxygen atoms in total. The van der Waals surface area contributed by atoms with Gasteiger partial charge in [-0.05, 0) is 34.1 Å². The number of alkyl carbamates (subject to hydrolysis) is 1. The summed E-state index contributed by atoms with van der Waals surface area (Å²) in [6.45, 7) is 9.59. The van der Waals surface area contributed by atoms with Crippen molar-refractivity contribution in [3.8, 4) is 0 Å². The fraction of sp³-hybridized carbons (Fsp3) is 0.889. The van der Waals surface area contributed by atoms with Gasteiger partial charge in [-0.3, -0.25) is 0 Å². The van der Waals surface area contributed by atoms with E-state index in [4.69, 9.17) is 4.74 Å². The average Bonchev–Trinajstić information content (AvgIpc) is 1.84. The maximum absolute atomic E-state index is 11.1. The van der Waals surface area contributed by atoms with Gasteiger partial charge in [-0.1, -0.05) is 6.92 Å². The predicted molar refractivity (Wildman–Crippen MR) is 49.1 cm³/mol. The molecule has 0 rings (SSSR count). The number of nitrogens with one attached hydrogen (secondary N) is 1. The molecular weight excluding hydrogens is 154 g/mol. The van der Waals surface area contributed by atoms with Crippen LogP contribution in [-0.2, 0) is 4.74 Å². The van der Waals surface area contributed by atoms with Gasteiger partial charge in [0.2, 0.25) is 0 Å². The van der Waals surface area contributed by atoms with E-state index in [1.54, 1.807) is 0 Å². The molecule has 0 heterocycles. The molecule has 0 saturated heterocycles. The number of hydrogen-bond donors (Lipinski definition) is 1. The van der Waals surface area contributed by atoms with Crippen molar-refractivity contribution >= 4 is 6.09 Å². The highest BCUT2D eigenvalue weighted by Gasteiger charge is 2.20. The van der Waals surface area contributed by atoms with E-state index >= 15 is 0 Å². The topological polar surface area (TPSA) is 38.3 Å². The molecule has 0 aliphatic rings. The van der Waals surface area contributed by atoms with E-state index in [1.807, 2.05) is 34.6 Å². The Hall–Kier alpha value is -0.730. The van der Waals surface area contributed by atoms with Crippen LogP contribution < -0.4 is 5.32 Å². The Labute approximate surface area is 74.5 Å². The van der Waals surface area contributed by atoms with Gasteiger partial charge in [0.05, 0.1) is 0 Å². The Morgan fingerprint density at radius 1 is 1.50 bits per heavy atom. The maximum atomic E-state index is 11.1. The first-order valence-electron chi connectivity index (χ1n) is 4.37. The summed E-state index contributed by atoms with van der Waals surface area (Å²) < 4.78 is 5.15. The summed E-state index contributed by atoms with van der Waals surface area (Å²) >= 11 is 0. The molecule has 72 valence electrons. The van der Waals surface area contributed by atoms with Crippen molar-refractivity contribution < 1.29 is 9.53 Å². The highest BCUT2D eigenvalue weighted by Crippen LogP contribution is 2.13. The van der Waals surface area contributed by atoms with Crippen molar-refractivity contribution in [1.82, 2.24) is 5.32 Å². The number of rotatable bonds is 3. The molecule has 0 aliphatic heterocycles. The highest BCUT2D eigenvalue weighted by molar-refractivity contribution is 5.67. The van der Waals surface area contributed by atoms with Crippen LogP contribution in [0, 0.1) is 0 Å². The van der Waals surface area contributed by atoms with E-state index in [2.05, 4.69) is 5.32 Å². The van der Waals surface area contributed by atoms with Gasteiger partial charge in [0.15, 0.2) is 0 Å². The fourth-order valence-electron chi connectivity index (χ4n) is 0.588. The molecule has 0 aliphatic carbocycles. The second-order valence-electron chi connectivity index (χ2n) is 3.80. The molecule has 1 N–H and O–H groups in total. The number of carbonyl (C=O) groups excluding carboxylic acids is 1. The lowest BCUT2D eigenvalue weighted by Crippen LogP contribution is -2.37. The number of amides is 1. The molecule has 0 saturated carbocycles. The smallest absolute Gasteiger partial charge is 0.407 e. The zero-order valence-electron chi connectivity index (χ0n) is 8.60. The van der Waals surface area contributed by atoms with Gasteiger partial charge in [0, 0.05) is 6.04 Å². The minimum atomic E-state index is -0.362. The van der Waals surface area contributed by atoms with Crippen LogP contribution in [0.25, 0.3) is 0 Å². The van der Waals surface area contributed by atoms with Crippen molar-refractivity contribution in [2.24, 2.45) is 0 Å². The van der Waals surface area contributed by atoms with Crippen LogP contribution in [0.5, 0.6) is 0 Å². The lowest BCUT2D eigenvalue weighted by molar-refractivity contribution is 0.0350. The predicted octanol–water partition coefficient (Wildman–Crippen LogP) is 2.31. The maximum Gasteiger partial charge on any atom is 0.407 e. The second-order valence-corrected chi connectivity index (χ2v) is 3.80. The van der Waals surface area contributed by atoms with Crippen molar-refractivity contribution in [1.29, 1.82) is 0 Å². The molecule has 0 radical (unpaired) electrons. The Morgan fingerprint density at radius 2 is 2.00 bits per heavy atom. The standard InChI is InChI=1S/C9H19NO2/c1-6-9(4,5)12-8(11)10-7(2)3/h7H,6H2,1-5H3,(H,10,11). The molecule has 3 heteroatoms. The van der Waals surface area contributed by atoms with Gasteiger partial charge in [0.1, 0.15) is 5.60 Å². The SMILES string of the molecule is CCC(C)(C)OC(=O)NC(C)C. The molecular formula is C9H19NO2. The third kappa shape index (κ3) is 4.99. The van der Waals surface area contributed by atoms with E-state index < -0.39 is 0 Å². The van der Waals surface area contributed by atoms with E-state index in [0.717, 1.165) is 6.42 Å². The quantitative estimate of drug-likeness (QED) is 0.711. The third-order valence-corrected chi connectivity index (χ3v) is 1.63. The summed E-state index contributed by atoms with van der Waals surface area (Å²) in [5.74, 6) is 0. The first-order valence-corrected chi connectivity index (χ1v) is 4.37. The summed E-state index contributed by atoms with van der Waals surface area (Å²) in [6, 6.07) is 0.130. The van der Waals surface area contributed by atoms with E-state index in [-0.39, 0.29) is 17.7 Å². The molecule has 0 aromatic heterocycles. The van der Waals surface area contributed by atoms with E-state index in [0.29, 0.717) is 0 Å². The van der Waals surface area contributed by atoms with Gasteiger partial charge in [0.25, 0.3) is 0 Å². The zero-order chi connectivity index (χ0) is 9.78. The molecule has 0 aromatic rings. The summed E-state index contributed by atoms with van der Waals surface area (Å²) in [4.78, 5) is 11.1. The van der Waals surface area contributed by atoms with Gasteiger partial charge in [-0.25, -0.2) is 4.79 Å². The van der Waals surface area contributed by atoms with Crippen LogP contribution in [0.15, 0.2) is 0 Å². The normalized spacial score (nSPS) is 11.5. The Morgan fingerprint density at radius 3 is 2.33 bits per heavy atom. The van der Waals surface area contributed by atoms with E-state index in [9.17, 15) is 4.79 Å². The van der Waals surface area contributed by atoms with Crippen LogP contribution in [0.2, 0.25) is 0 Å². The summed E-state index contributed by atoms with van der Waals surface area (Å²) in [5, 5.41) is 2.67. The average molecular weight is 173 g/mol. The van der Waals surface area contributed by atoms with Crippen LogP contribution in [0.4, 0.5) is 4.79 Å². The van der Waals surface area contributed by atoms with Crippen molar-refractivity contribution in [3.63, 3.8) is 0 Å². The Balaban J connectivity index is 3.84. The number of carbonyl (C=O) groups is 1. The first-order chi connectivity index (χ1) is 5.37. The molecule has 1 amide bonds. The van der Waals surface area contributed by atoms with Crippen LogP contribution in [0.1, 0.15) is 41.0 Å². The monoisotopic (exact) mass is 173 g/mol. The van der Waals surface area contributed by atoms with Crippen LogP contribution >= 0.6 is 0 Å². The molecule has 0 aromatic carbocycles. The van der Waals surface area contributed by atoms with Gasteiger partial charge in [-0.2, -0.15) is 0 Å². The molecule has 12 heavy (non-hydrogen) atoms. The third-order valence-electron chi connectivity index (χ3n) is 1.63. The highest BCUT2D eigenvalue weighted by atomic mass is 16.6. The zero-order valence-corrected chi connectivity index (χ0v) is 8.60. The van der Waals surface area contributed by atoms with Crippen LogP contribution in [0.3, 0.4) is 0 Å². The molecule has 0 unspecified atom stereocenters. The van der Waals surface area contributed by atoms with E-state index in [1.165, 1.54) is 0 Å². The summed E-state index contributed by atoms with van der Waals surface area (Å²) in [5.41, 5.74) is -0.362. The molecule has 0 spiro atoms. The summed E-state index contributed by atoms with van der Waals surface area (Å²) in [6.07, 6.45) is 0.482. The lowest BCUT2D eigenvalue weighted by atomic mass is 10.1. The second kappa shape index (κ2) is 4.33. The van der Waals surface area contributed by atoms with Crippen molar-refractivity contribution in [3.05, 3.63) is 0 Å². The number of ether oxygens (including phenoxy) is 1. The largest absolute Gasteiger partial charge is 0.444 e. The summed E-state index contributed by atoms with van der Waals surface area (Å²) in [7, 11) is 0. The lowest BCUT2D eigenvalue weighted by Gasteiger charge is -2.24. The molecule has 0 atom stereocenters.